The van der Waals surface area contributed by atoms with E-state index in [0.717, 1.165) is 19.3 Å². The van der Waals surface area contributed by atoms with Crippen molar-refractivity contribution >= 4 is 5.97 Å². The zero-order valence-corrected chi connectivity index (χ0v) is 13.2. The monoisotopic (exact) mass is 284 g/mol. The fourth-order valence-electron chi connectivity index (χ4n) is 2.13. The van der Waals surface area contributed by atoms with Gasteiger partial charge in [0.1, 0.15) is 0 Å². The summed E-state index contributed by atoms with van der Waals surface area (Å²) in [7, 11) is 0. The van der Waals surface area contributed by atoms with E-state index in [0.29, 0.717) is 6.42 Å². The molecule has 0 saturated carbocycles. The molecule has 2 unspecified atom stereocenters. The van der Waals surface area contributed by atoms with E-state index < -0.39 is 18.8 Å². The molecule has 0 aromatic carbocycles. The first-order chi connectivity index (χ1) is 10.6. The highest BCUT2D eigenvalue weighted by molar-refractivity contribution is 5.66. The van der Waals surface area contributed by atoms with Crippen LogP contribution in [-0.2, 0) is 4.79 Å². The molecule has 2 heteroatoms. The van der Waals surface area contributed by atoms with E-state index in [1.165, 1.54) is 44.9 Å². The number of hydrogen-bond donors (Lipinski definition) is 1. The van der Waals surface area contributed by atoms with Crippen LogP contribution in [0.4, 0.5) is 0 Å². The number of unbranched alkanes of at least 4 members (excludes halogenated alkanes) is 8. The standard InChI is InChI=1S/C18H34O2/c1-2-3-4-5-6-7-8-9-10-11-12-13-14-15-16-17-18(19)20/h9-10H,2-8,11-17H2,1H3,(H,19,20)/b10-9-/i15D,17D. The minimum Gasteiger partial charge on any atom is -0.481 e. The molecule has 0 aromatic rings. The summed E-state index contributed by atoms with van der Waals surface area (Å²) in [6, 6.07) is 0. The topological polar surface area (TPSA) is 37.3 Å². The summed E-state index contributed by atoms with van der Waals surface area (Å²) in [5.41, 5.74) is 0. The second-order valence-electron chi connectivity index (χ2n) is 5.38. The predicted molar refractivity (Wildman–Crippen MR) is 87.1 cm³/mol. The summed E-state index contributed by atoms with van der Waals surface area (Å²) < 4.78 is 15.0. The Morgan fingerprint density at radius 1 is 0.900 bits per heavy atom. The molecule has 20 heavy (non-hydrogen) atoms. The number of rotatable bonds is 15. The van der Waals surface area contributed by atoms with Gasteiger partial charge in [-0.1, -0.05) is 70.4 Å². The van der Waals surface area contributed by atoms with Crippen molar-refractivity contribution in [3.8, 4) is 0 Å². The van der Waals surface area contributed by atoms with Gasteiger partial charge in [0.2, 0.25) is 0 Å². The number of carboxylic acid groups (broad SMARTS) is 1. The van der Waals surface area contributed by atoms with Gasteiger partial charge in [-0.15, -0.1) is 0 Å². The first-order valence-electron chi connectivity index (χ1n) is 9.45. The van der Waals surface area contributed by atoms with Crippen LogP contribution in [-0.4, -0.2) is 11.1 Å². The molecular formula is C18H34O2. The normalized spacial score (nSPS) is 15.8. The molecule has 0 aliphatic carbocycles. The predicted octanol–water partition coefficient (Wildman–Crippen LogP) is 6.11. The Morgan fingerprint density at radius 3 is 2.05 bits per heavy atom. The van der Waals surface area contributed by atoms with E-state index in [1.54, 1.807) is 0 Å². The van der Waals surface area contributed by atoms with Crippen LogP contribution in [0, 0.1) is 0 Å². The van der Waals surface area contributed by atoms with Crippen LogP contribution in [0.1, 0.15) is 99.5 Å². The average molecular weight is 284 g/mol. The second kappa shape index (κ2) is 16.3. The Bertz CT molecular complexity index is 293. The molecule has 118 valence electrons. The number of allylic oxidation sites excluding steroid dienone is 2. The summed E-state index contributed by atoms with van der Waals surface area (Å²) in [6.07, 6.45) is 16.0. The molecule has 0 aromatic heterocycles. The van der Waals surface area contributed by atoms with Crippen molar-refractivity contribution in [1.82, 2.24) is 0 Å². The molecule has 0 rings (SSSR count). The number of hydrogen-bond acceptors (Lipinski definition) is 1. The van der Waals surface area contributed by atoms with Crippen LogP contribution in [0.15, 0.2) is 12.2 Å². The summed E-state index contributed by atoms with van der Waals surface area (Å²) in [4.78, 5) is 10.5. The molecule has 0 aliphatic heterocycles. The fourth-order valence-corrected chi connectivity index (χ4v) is 2.13. The Labute approximate surface area is 128 Å². The molecule has 2 atom stereocenters. The summed E-state index contributed by atoms with van der Waals surface area (Å²) in [6.45, 7) is 2.24. The number of aliphatic carboxylic acids is 1. The third-order valence-corrected chi connectivity index (χ3v) is 3.38. The summed E-state index contributed by atoms with van der Waals surface area (Å²) >= 11 is 0. The highest BCUT2D eigenvalue weighted by Crippen LogP contribution is 2.09. The van der Waals surface area contributed by atoms with Gasteiger partial charge in [0.15, 0.2) is 0 Å². The largest absolute Gasteiger partial charge is 0.481 e. The van der Waals surface area contributed by atoms with Gasteiger partial charge < -0.3 is 5.11 Å². The van der Waals surface area contributed by atoms with Crippen molar-refractivity contribution in [2.45, 2.75) is 96.8 Å². The minimum atomic E-state index is -1.14. The third-order valence-electron chi connectivity index (χ3n) is 3.38. The summed E-state index contributed by atoms with van der Waals surface area (Å²) in [5.74, 6) is -1.12. The van der Waals surface area contributed by atoms with Crippen LogP contribution >= 0.6 is 0 Å². The van der Waals surface area contributed by atoms with Gasteiger partial charge in [-0.05, 0) is 32.1 Å². The first-order valence-corrected chi connectivity index (χ1v) is 8.30. The van der Waals surface area contributed by atoms with Crippen LogP contribution in [0.25, 0.3) is 0 Å². The minimum absolute atomic E-state index is 0.142. The SMILES string of the molecule is [2H]C(CCCC/C=C\CCCCCCCC)CC([2H])C(=O)O. The zero-order valence-electron chi connectivity index (χ0n) is 15.2. The van der Waals surface area contributed by atoms with Crippen molar-refractivity contribution in [3.63, 3.8) is 0 Å². The maximum Gasteiger partial charge on any atom is 0.303 e. The van der Waals surface area contributed by atoms with Crippen molar-refractivity contribution in [2.24, 2.45) is 0 Å². The molecule has 0 heterocycles. The molecule has 0 saturated heterocycles. The molecule has 0 fully saturated rings. The van der Waals surface area contributed by atoms with Crippen molar-refractivity contribution in [3.05, 3.63) is 12.2 Å². The molecule has 0 spiro atoms. The molecule has 2 nitrogen and oxygen atoms in total. The lowest BCUT2D eigenvalue weighted by Crippen LogP contribution is -1.93. The van der Waals surface area contributed by atoms with Gasteiger partial charge in [0.05, 0.1) is 0 Å². The second-order valence-corrected chi connectivity index (χ2v) is 5.38. The zero-order chi connectivity index (χ0) is 16.6. The Morgan fingerprint density at radius 2 is 1.45 bits per heavy atom. The lowest BCUT2D eigenvalue weighted by atomic mass is 10.1. The summed E-state index contributed by atoms with van der Waals surface area (Å²) in [5, 5.41) is 8.62. The lowest BCUT2D eigenvalue weighted by molar-refractivity contribution is -0.137. The molecule has 0 bridgehead atoms. The Balaban J connectivity index is 3.34. The molecular weight excluding hydrogens is 248 g/mol. The van der Waals surface area contributed by atoms with Gasteiger partial charge in [0.25, 0.3) is 0 Å². The van der Waals surface area contributed by atoms with E-state index >= 15 is 0 Å². The molecule has 1 N–H and O–H groups in total. The Hall–Kier alpha value is -0.790. The Kier molecular flexibility index (Phi) is 12.7. The van der Waals surface area contributed by atoms with E-state index in [1.807, 2.05) is 0 Å². The van der Waals surface area contributed by atoms with E-state index in [-0.39, 0.29) is 6.42 Å². The van der Waals surface area contributed by atoms with E-state index in [2.05, 4.69) is 19.1 Å². The van der Waals surface area contributed by atoms with Gasteiger partial charge in [0, 0.05) is 9.14 Å². The molecule has 0 amide bonds. The van der Waals surface area contributed by atoms with Gasteiger partial charge in [-0.25, -0.2) is 0 Å². The van der Waals surface area contributed by atoms with Crippen LogP contribution < -0.4 is 0 Å². The number of carboxylic acids is 1. The quantitative estimate of drug-likeness (QED) is 0.291. The highest BCUT2D eigenvalue weighted by Gasteiger charge is 1.95. The van der Waals surface area contributed by atoms with Crippen LogP contribution in [0.2, 0.25) is 0 Å². The first kappa shape index (κ1) is 15.6. The van der Waals surface area contributed by atoms with Crippen molar-refractivity contribution < 1.29 is 12.6 Å². The number of carbonyl (C=O) groups is 1. The lowest BCUT2D eigenvalue weighted by Gasteiger charge is -1.99. The van der Waals surface area contributed by atoms with Gasteiger partial charge in [-0.3, -0.25) is 4.79 Å². The van der Waals surface area contributed by atoms with Crippen LogP contribution in [0.5, 0.6) is 0 Å². The van der Waals surface area contributed by atoms with E-state index in [4.69, 9.17) is 7.85 Å². The fraction of sp³-hybridized carbons (Fsp3) is 0.833. The molecule has 0 radical (unpaired) electrons. The maximum absolute atomic E-state index is 10.5. The van der Waals surface area contributed by atoms with Crippen molar-refractivity contribution in [1.29, 1.82) is 0 Å². The van der Waals surface area contributed by atoms with Gasteiger partial charge >= 0.3 is 5.97 Å². The maximum atomic E-state index is 10.5. The van der Waals surface area contributed by atoms with E-state index in [9.17, 15) is 4.79 Å². The molecule has 0 aliphatic rings. The van der Waals surface area contributed by atoms with Crippen molar-refractivity contribution in [2.75, 3.05) is 0 Å². The average Bonchev–Trinajstić information content (AvgIpc) is 2.48. The smallest absolute Gasteiger partial charge is 0.303 e. The van der Waals surface area contributed by atoms with Gasteiger partial charge in [-0.2, -0.15) is 0 Å². The highest BCUT2D eigenvalue weighted by atomic mass is 16.4. The third kappa shape index (κ3) is 17.2. The van der Waals surface area contributed by atoms with Crippen LogP contribution in [0.3, 0.4) is 0 Å².